The molecule has 1 aliphatic rings. The summed E-state index contributed by atoms with van der Waals surface area (Å²) < 4.78 is 1.25. The number of H-pyrrole nitrogens is 1. The number of ketones is 1. The molecule has 10 nitrogen and oxygen atoms in total. The molecule has 1 aliphatic heterocycles. The van der Waals surface area contributed by atoms with Gasteiger partial charge in [-0.3, -0.25) is 24.0 Å². The summed E-state index contributed by atoms with van der Waals surface area (Å²) in [6, 6.07) is 1.98. The maximum atomic E-state index is 12.8. The van der Waals surface area contributed by atoms with Crippen LogP contribution in [0.5, 0.6) is 0 Å². The lowest BCUT2D eigenvalue weighted by Gasteiger charge is -2.35. The Labute approximate surface area is 181 Å². The molecule has 0 radical (unpaired) electrons. The third-order valence-corrected chi connectivity index (χ3v) is 5.40. The zero-order valence-electron chi connectivity index (χ0n) is 18.6. The van der Waals surface area contributed by atoms with Crippen molar-refractivity contribution in [2.45, 2.75) is 46.6 Å². The van der Waals surface area contributed by atoms with Gasteiger partial charge >= 0.3 is 5.69 Å². The Morgan fingerprint density at radius 2 is 1.87 bits per heavy atom. The molecule has 10 heteroatoms. The third-order valence-electron chi connectivity index (χ3n) is 5.40. The summed E-state index contributed by atoms with van der Waals surface area (Å²) in [5.41, 5.74) is 5.49. The minimum Gasteiger partial charge on any atom is -0.384 e. The average Bonchev–Trinajstić information content (AvgIpc) is 2.71. The zero-order valence-corrected chi connectivity index (χ0v) is 18.6. The number of carbonyl (C=O) groups excluding carboxylic acids is 1. The molecule has 1 saturated heterocycles. The van der Waals surface area contributed by atoms with Crippen LogP contribution in [0, 0.1) is 6.92 Å². The lowest BCUT2D eigenvalue weighted by atomic mass is 10.1. The van der Waals surface area contributed by atoms with E-state index in [-0.39, 0.29) is 29.6 Å². The second-order valence-corrected chi connectivity index (χ2v) is 8.24. The summed E-state index contributed by atoms with van der Waals surface area (Å²) in [4.78, 5) is 52.6. The molecule has 2 aromatic rings. The van der Waals surface area contributed by atoms with Gasteiger partial charge in [0.25, 0.3) is 5.56 Å². The molecule has 2 aromatic heterocycles. The highest BCUT2D eigenvalue weighted by molar-refractivity contribution is 6.01. The van der Waals surface area contributed by atoms with E-state index in [9.17, 15) is 14.4 Å². The molecule has 31 heavy (non-hydrogen) atoms. The van der Waals surface area contributed by atoms with Gasteiger partial charge in [-0.25, -0.2) is 14.8 Å². The van der Waals surface area contributed by atoms with Gasteiger partial charge in [-0.1, -0.05) is 20.8 Å². The summed E-state index contributed by atoms with van der Waals surface area (Å²) in [7, 11) is 0. The molecule has 0 saturated carbocycles. The highest BCUT2D eigenvalue weighted by Crippen LogP contribution is 2.19. The van der Waals surface area contributed by atoms with E-state index in [1.807, 2.05) is 24.8 Å². The van der Waals surface area contributed by atoms with Gasteiger partial charge in [0.05, 0.1) is 6.54 Å². The van der Waals surface area contributed by atoms with Gasteiger partial charge < -0.3 is 10.6 Å². The molecule has 0 bridgehead atoms. The van der Waals surface area contributed by atoms with E-state index in [4.69, 9.17) is 5.73 Å². The largest absolute Gasteiger partial charge is 0.384 e. The summed E-state index contributed by atoms with van der Waals surface area (Å²) in [5, 5.41) is 0. The van der Waals surface area contributed by atoms with E-state index >= 15 is 0 Å². The number of aryl methyl sites for hydroxylation is 1. The number of nitrogens with two attached hydrogens (primary N) is 1. The molecule has 3 heterocycles. The fraction of sp³-hybridized carbons (Fsp3) is 0.571. The molecule has 0 aromatic carbocycles. The molecule has 3 N–H and O–H groups in total. The van der Waals surface area contributed by atoms with E-state index < -0.39 is 11.2 Å². The van der Waals surface area contributed by atoms with Crippen LogP contribution in [0.25, 0.3) is 0 Å². The molecular formula is C21H31N7O3. The number of nitrogens with zero attached hydrogens (tertiary/aromatic N) is 5. The first-order valence-corrected chi connectivity index (χ1v) is 10.7. The number of Topliss-reactive ketones (excluding diaryl/α,β-unsaturated/α-hetero) is 1. The van der Waals surface area contributed by atoms with Crippen LogP contribution < -0.4 is 21.9 Å². The van der Waals surface area contributed by atoms with Crippen molar-refractivity contribution in [1.29, 1.82) is 0 Å². The molecular weight excluding hydrogens is 398 g/mol. The van der Waals surface area contributed by atoms with E-state index in [2.05, 4.69) is 33.7 Å². The minimum atomic E-state index is -0.726. The van der Waals surface area contributed by atoms with Crippen LogP contribution in [0.15, 0.2) is 15.7 Å². The maximum Gasteiger partial charge on any atom is 0.329 e. The number of aromatic nitrogens is 4. The number of nitrogens with one attached hydrogen (secondary N) is 1. The zero-order chi connectivity index (χ0) is 22.7. The molecule has 0 aliphatic carbocycles. The van der Waals surface area contributed by atoms with Crippen molar-refractivity contribution in [3.05, 3.63) is 44.0 Å². The van der Waals surface area contributed by atoms with Crippen molar-refractivity contribution in [2.24, 2.45) is 0 Å². The van der Waals surface area contributed by atoms with E-state index in [0.717, 1.165) is 17.3 Å². The van der Waals surface area contributed by atoms with Crippen molar-refractivity contribution in [3.8, 4) is 0 Å². The van der Waals surface area contributed by atoms with Crippen LogP contribution in [-0.2, 0) is 6.54 Å². The van der Waals surface area contributed by atoms with E-state index in [0.29, 0.717) is 39.1 Å². The second-order valence-electron chi connectivity index (χ2n) is 8.24. The van der Waals surface area contributed by atoms with E-state index in [1.165, 1.54) is 4.57 Å². The number of aromatic amines is 1. The first-order valence-electron chi connectivity index (χ1n) is 10.7. The lowest BCUT2D eigenvalue weighted by Crippen LogP contribution is -2.49. The van der Waals surface area contributed by atoms with Crippen LogP contribution in [0.3, 0.4) is 0 Å². The number of anilines is 2. The molecule has 0 amide bonds. The first-order chi connectivity index (χ1) is 14.7. The van der Waals surface area contributed by atoms with Gasteiger partial charge in [0.15, 0.2) is 5.78 Å². The molecule has 0 unspecified atom stereocenters. The van der Waals surface area contributed by atoms with Crippen molar-refractivity contribution in [3.63, 3.8) is 0 Å². The van der Waals surface area contributed by atoms with Crippen molar-refractivity contribution in [2.75, 3.05) is 43.4 Å². The second kappa shape index (κ2) is 9.42. The van der Waals surface area contributed by atoms with Gasteiger partial charge in [0.1, 0.15) is 23.0 Å². The van der Waals surface area contributed by atoms with Gasteiger partial charge in [-0.05, 0) is 13.3 Å². The third kappa shape index (κ3) is 5.01. The summed E-state index contributed by atoms with van der Waals surface area (Å²) in [5.74, 6) is 1.53. The average molecular weight is 430 g/mol. The van der Waals surface area contributed by atoms with Crippen LogP contribution >= 0.6 is 0 Å². The van der Waals surface area contributed by atoms with Gasteiger partial charge in [0.2, 0.25) is 0 Å². The van der Waals surface area contributed by atoms with Crippen LogP contribution in [0.4, 0.5) is 11.6 Å². The van der Waals surface area contributed by atoms with Gasteiger partial charge in [-0.2, -0.15) is 0 Å². The normalized spacial score (nSPS) is 14.9. The summed E-state index contributed by atoms with van der Waals surface area (Å²) in [6.45, 7) is 11.1. The van der Waals surface area contributed by atoms with Gasteiger partial charge in [-0.15, -0.1) is 0 Å². The number of hydrogen-bond donors (Lipinski definition) is 2. The van der Waals surface area contributed by atoms with Crippen LogP contribution in [0.2, 0.25) is 0 Å². The standard InChI is InChI=1S/C21H31N7O3/c1-5-6-28-18(22)17(20(30)25-21(28)31)15(29)12-26-7-9-27(10-8-26)16-11-14(4)23-19(24-16)13(2)3/h11,13H,5-10,12,22H2,1-4H3,(H,25,30,31). The number of carbonyl (C=O) groups is 1. The Balaban J connectivity index is 1.70. The molecule has 1 fully saturated rings. The fourth-order valence-electron chi connectivity index (χ4n) is 3.71. The highest BCUT2D eigenvalue weighted by atomic mass is 16.2. The quantitative estimate of drug-likeness (QED) is 0.617. The molecule has 0 spiro atoms. The summed E-state index contributed by atoms with van der Waals surface area (Å²) in [6.07, 6.45) is 0.660. The Hall–Kier alpha value is -3.01. The Morgan fingerprint density at radius 3 is 2.48 bits per heavy atom. The van der Waals surface area contributed by atoms with E-state index in [1.54, 1.807) is 0 Å². The Kier molecular flexibility index (Phi) is 6.89. The number of nitrogen functional groups attached to an aromatic ring is 1. The smallest absolute Gasteiger partial charge is 0.329 e. The summed E-state index contributed by atoms with van der Waals surface area (Å²) >= 11 is 0. The van der Waals surface area contributed by atoms with Crippen molar-refractivity contribution in [1.82, 2.24) is 24.4 Å². The topological polar surface area (TPSA) is 130 Å². The van der Waals surface area contributed by atoms with Crippen molar-refractivity contribution < 1.29 is 4.79 Å². The maximum absolute atomic E-state index is 12.8. The fourth-order valence-corrected chi connectivity index (χ4v) is 3.71. The van der Waals surface area contributed by atoms with Crippen molar-refractivity contribution >= 4 is 17.4 Å². The Bertz CT molecular complexity index is 1070. The molecule has 168 valence electrons. The Morgan fingerprint density at radius 1 is 1.19 bits per heavy atom. The molecule has 0 atom stereocenters. The van der Waals surface area contributed by atoms with Gasteiger partial charge in [0, 0.05) is 50.4 Å². The molecule has 3 rings (SSSR count). The minimum absolute atomic E-state index is 0.0584. The number of rotatable bonds is 7. The highest BCUT2D eigenvalue weighted by Gasteiger charge is 2.25. The predicted octanol–water partition coefficient (Wildman–Crippen LogP) is 0.756. The monoisotopic (exact) mass is 429 g/mol. The number of hydrogen-bond acceptors (Lipinski definition) is 8. The first kappa shape index (κ1) is 22.7. The lowest BCUT2D eigenvalue weighted by molar-refractivity contribution is 0.0925. The van der Waals surface area contributed by atoms with Crippen LogP contribution in [0.1, 0.15) is 55.0 Å². The van der Waals surface area contributed by atoms with Crippen LogP contribution in [-0.4, -0.2) is 62.9 Å². The predicted molar refractivity (Wildman–Crippen MR) is 120 cm³/mol. The SMILES string of the molecule is CCCn1c(N)c(C(=O)CN2CCN(c3cc(C)nc(C(C)C)n3)CC2)c(=O)[nH]c1=O. The number of piperazine rings is 1.